The highest BCUT2D eigenvalue weighted by molar-refractivity contribution is 7.89. The van der Waals surface area contributed by atoms with Gasteiger partial charge in [-0.05, 0) is 50.6 Å². The summed E-state index contributed by atoms with van der Waals surface area (Å²) in [6.07, 6.45) is 1.01. The topological polar surface area (TPSA) is 75.4 Å². The highest BCUT2D eigenvalue weighted by Gasteiger charge is 2.23. The van der Waals surface area contributed by atoms with Crippen molar-refractivity contribution >= 4 is 27.3 Å². The van der Waals surface area contributed by atoms with Crippen LogP contribution in [0.4, 0.5) is 5.69 Å². The van der Waals surface area contributed by atoms with Crippen LogP contribution in [0.15, 0.2) is 17.0 Å². The predicted octanol–water partition coefficient (Wildman–Crippen LogP) is 1.46. The van der Waals surface area contributed by atoms with Crippen LogP contribution in [-0.2, 0) is 10.0 Å². The Morgan fingerprint density at radius 1 is 1.50 bits per heavy atom. The van der Waals surface area contributed by atoms with Crippen molar-refractivity contribution in [2.24, 2.45) is 5.92 Å². The van der Waals surface area contributed by atoms with Crippen molar-refractivity contribution < 1.29 is 8.42 Å². The van der Waals surface area contributed by atoms with E-state index in [0.29, 0.717) is 23.0 Å². The van der Waals surface area contributed by atoms with Gasteiger partial charge in [0.2, 0.25) is 10.0 Å². The van der Waals surface area contributed by atoms with Crippen LogP contribution < -0.4 is 10.5 Å². The lowest BCUT2D eigenvalue weighted by Gasteiger charge is -2.14. The van der Waals surface area contributed by atoms with Crippen LogP contribution in [-0.4, -0.2) is 40.0 Å². The summed E-state index contributed by atoms with van der Waals surface area (Å²) in [6, 6.07) is 3.00. The molecule has 0 radical (unpaired) electrons. The zero-order valence-electron chi connectivity index (χ0n) is 11.7. The molecule has 1 heterocycles. The fraction of sp³-hybridized carbons (Fsp3) is 0.538. The van der Waals surface area contributed by atoms with Crippen molar-refractivity contribution in [1.82, 2.24) is 9.62 Å². The number of anilines is 1. The Morgan fingerprint density at radius 3 is 2.80 bits per heavy atom. The Labute approximate surface area is 125 Å². The van der Waals surface area contributed by atoms with Gasteiger partial charge in [0.25, 0.3) is 0 Å². The summed E-state index contributed by atoms with van der Waals surface area (Å²) >= 11 is 5.89. The third kappa shape index (κ3) is 3.44. The quantitative estimate of drug-likeness (QED) is 0.824. The van der Waals surface area contributed by atoms with E-state index in [-0.39, 0.29) is 10.6 Å². The molecule has 5 nitrogen and oxygen atoms in total. The van der Waals surface area contributed by atoms with Crippen LogP contribution in [0.2, 0.25) is 5.02 Å². The summed E-state index contributed by atoms with van der Waals surface area (Å²) in [6.45, 7) is 4.10. The number of nitrogen functional groups attached to an aromatic ring is 1. The van der Waals surface area contributed by atoms with Gasteiger partial charge in [-0.2, -0.15) is 0 Å². The highest BCUT2D eigenvalue weighted by Crippen LogP contribution is 2.26. The zero-order valence-corrected chi connectivity index (χ0v) is 13.3. The summed E-state index contributed by atoms with van der Waals surface area (Å²) in [4.78, 5) is 2.40. The molecular formula is C13H20ClN3O2S. The van der Waals surface area contributed by atoms with Gasteiger partial charge in [0, 0.05) is 13.1 Å². The molecule has 1 aromatic carbocycles. The average molecular weight is 318 g/mol. The fourth-order valence-corrected chi connectivity index (χ4v) is 4.05. The lowest BCUT2D eigenvalue weighted by molar-refractivity contribution is 0.394. The monoisotopic (exact) mass is 317 g/mol. The molecule has 0 amide bonds. The highest BCUT2D eigenvalue weighted by atomic mass is 35.5. The second-order valence-corrected chi connectivity index (χ2v) is 7.55. The van der Waals surface area contributed by atoms with Crippen molar-refractivity contribution in [2.45, 2.75) is 18.2 Å². The smallest absolute Gasteiger partial charge is 0.240 e. The van der Waals surface area contributed by atoms with Crippen LogP contribution in [0.5, 0.6) is 0 Å². The van der Waals surface area contributed by atoms with Gasteiger partial charge in [0.15, 0.2) is 0 Å². The van der Waals surface area contributed by atoms with Gasteiger partial charge in [0.1, 0.15) is 0 Å². The molecule has 3 N–H and O–H groups in total. The first-order valence-electron chi connectivity index (χ1n) is 6.53. The van der Waals surface area contributed by atoms with E-state index in [2.05, 4.69) is 9.62 Å². The summed E-state index contributed by atoms with van der Waals surface area (Å²) in [5.74, 6) is 0.361. The molecule has 7 heteroatoms. The molecule has 1 atom stereocenters. The summed E-state index contributed by atoms with van der Waals surface area (Å²) in [7, 11) is -1.50. The van der Waals surface area contributed by atoms with E-state index >= 15 is 0 Å². The van der Waals surface area contributed by atoms with Crippen LogP contribution >= 0.6 is 11.6 Å². The Bertz CT molecular complexity index is 604. The van der Waals surface area contributed by atoms with Gasteiger partial charge in [-0.3, -0.25) is 0 Å². The second kappa shape index (κ2) is 5.89. The first-order valence-corrected chi connectivity index (χ1v) is 8.39. The molecule has 0 aliphatic carbocycles. The average Bonchev–Trinajstić information content (AvgIpc) is 2.77. The minimum atomic E-state index is -3.54. The Balaban J connectivity index is 2.12. The van der Waals surface area contributed by atoms with Crippen LogP contribution in [0.1, 0.15) is 12.0 Å². The van der Waals surface area contributed by atoms with E-state index in [1.54, 1.807) is 13.0 Å². The first-order chi connectivity index (χ1) is 9.29. The number of nitrogens with zero attached hydrogens (tertiary/aromatic N) is 1. The maximum absolute atomic E-state index is 12.3. The van der Waals surface area contributed by atoms with E-state index in [9.17, 15) is 8.42 Å². The van der Waals surface area contributed by atoms with E-state index in [4.69, 9.17) is 17.3 Å². The van der Waals surface area contributed by atoms with E-state index < -0.39 is 10.0 Å². The summed E-state index contributed by atoms with van der Waals surface area (Å²) < 4.78 is 27.3. The molecule has 2 rings (SSSR count). The fourth-order valence-electron chi connectivity index (χ4n) is 2.46. The van der Waals surface area contributed by atoms with Crippen LogP contribution in [0.3, 0.4) is 0 Å². The van der Waals surface area contributed by atoms with Gasteiger partial charge in [-0.1, -0.05) is 11.6 Å². The van der Waals surface area contributed by atoms with E-state index in [1.165, 1.54) is 6.07 Å². The minimum absolute atomic E-state index is 0.200. The number of hydrogen-bond acceptors (Lipinski definition) is 4. The molecule has 20 heavy (non-hydrogen) atoms. The largest absolute Gasteiger partial charge is 0.397 e. The predicted molar refractivity (Wildman–Crippen MR) is 81.4 cm³/mol. The normalized spacial score (nSPS) is 20.4. The molecule has 1 aromatic rings. The third-order valence-corrected chi connectivity index (χ3v) is 5.53. The van der Waals surface area contributed by atoms with Crippen LogP contribution in [0, 0.1) is 12.8 Å². The van der Waals surface area contributed by atoms with Crippen molar-refractivity contribution in [1.29, 1.82) is 0 Å². The molecule has 0 spiro atoms. The van der Waals surface area contributed by atoms with Crippen molar-refractivity contribution in [3.8, 4) is 0 Å². The zero-order chi connectivity index (χ0) is 14.9. The maximum Gasteiger partial charge on any atom is 0.240 e. The second-order valence-electron chi connectivity index (χ2n) is 5.41. The third-order valence-electron chi connectivity index (χ3n) is 3.63. The first kappa shape index (κ1) is 15.6. The molecule has 1 unspecified atom stereocenters. The molecule has 1 fully saturated rings. The molecule has 1 aliphatic rings. The molecule has 1 saturated heterocycles. The Morgan fingerprint density at radius 2 is 2.20 bits per heavy atom. The standard InChI is InChI=1S/C13H20ClN3O2S/c1-9-5-11(14)12(15)6-13(9)20(18,19)16-7-10-3-4-17(2)8-10/h5-6,10,16H,3-4,7-8,15H2,1-2H3. The van der Waals surface area contributed by atoms with Gasteiger partial charge in [0.05, 0.1) is 15.6 Å². The molecular weight excluding hydrogens is 298 g/mol. The molecule has 1 aliphatic heterocycles. The summed E-state index contributed by atoms with van der Waals surface area (Å²) in [5.41, 5.74) is 6.57. The van der Waals surface area contributed by atoms with Gasteiger partial charge in [-0.25, -0.2) is 13.1 Å². The maximum atomic E-state index is 12.3. The van der Waals surface area contributed by atoms with Gasteiger partial charge in [-0.15, -0.1) is 0 Å². The molecule has 0 aromatic heterocycles. The van der Waals surface area contributed by atoms with Crippen molar-refractivity contribution in [3.05, 3.63) is 22.7 Å². The Kier molecular flexibility index (Phi) is 4.59. The van der Waals surface area contributed by atoms with Crippen molar-refractivity contribution in [3.63, 3.8) is 0 Å². The number of aryl methyl sites for hydroxylation is 1. The molecule has 0 saturated carbocycles. The Hall–Kier alpha value is -0.820. The minimum Gasteiger partial charge on any atom is -0.397 e. The van der Waals surface area contributed by atoms with Gasteiger partial charge >= 0.3 is 0 Å². The van der Waals surface area contributed by atoms with Crippen molar-refractivity contribution in [2.75, 3.05) is 32.4 Å². The number of likely N-dealkylation sites (tertiary alicyclic amines) is 1. The number of rotatable bonds is 4. The van der Waals surface area contributed by atoms with Gasteiger partial charge < -0.3 is 10.6 Å². The molecule has 112 valence electrons. The number of hydrogen-bond donors (Lipinski definition) is 2. The lowest BCUT2D eigenvalue weighted by Crippen LogP contribution is -2.31. The summed E-state index contributed by atoms with van der Waals surface area (Å²) in [5, 5.41) is 0.374. The van der Waals surface area contributed by atoms with E-state index in [0.717, 1.165) is 19.5 Å². The molecule has 0 bridgehead atoms. The number of sulfonamides is 1. The lowest BCUT2D eigenvalue weighted by atomic mass is 10.1. The number of nitrogens with two attached hydrogens (primary N) is 1. The number of halogens is 1. The number of nitrogens with one attached hydrogen (secondary N) is 1. The van der Waals surface area contributed by atoms with E-state index in [1.807, 2.05) is 7.05 Å². The SMILES string of the molecule is Cc1cc(Cl)c(N)cc1S(=O)(=O)NCC1CCN(C)C1. The van der Waals surface area contributed by atoms with Crippen LogP contribution in [0.25, 0.3) is 0 Å². The number of benzene rings is 1.